The first-order valence-electron chi connectivity index (χ1n) is 10.3. The van der Waals surface area contributed by atoms with Crippen molar-refractivity contribution < 1.29 is 23.8 Å². The van der Waals surface area contributed by atoms with Gasteiger partial charge < -0.3 is 25.0 Å². The molecule has 10 heteroatoms. The van der Waals surface area contributed by atoms with Crippen LogP contribution in [-0.4, -0.2) is 53.3 Å². The second kappa shape index (κ2) is 10.2. The van der Waals surface area contributed by atoms with E-state index in [-0.39, 0.29) is 30.7 Å². The number of aryl methyl sites for hydroxylation is 1. The van der Waals surface area contributed by atoms with E-state index < -0.39 is 34.5 Å². The molecule has 2 aromatic heterocycles. The van der Waals surface area contributed by atoms with Gasteiger partial charge in [0.25, 0.3) is 17.4 Å². The van der Waals surface area contributed by atoms with E-state index >= 15 is 0 Å². The third-order valence-corrected chi connectivity index (χ3v) is 5.13. The predicted octanol–water partition coefficient (Wildman–Crippen LogP) is 1.49. The Bertz CT molecular complexity index is 1270. The van der Waals surface area contributed by atoms with Crippen LogP contribution in [0.25, 0.3) is 11.0 Å². The molecule has 3 N–H and O–H groups in total. The van der Waals surface area contributed by atoms with Crippen molar-refractivity contribution in [3.05, 3.63) is 68.9 Å². The molecule has 0 aliphatic carbocycles. The molecule has 0 unspecified atom stereocenters. The van der Waals surface area contributed by atoms with Crippen molar-refractivity contribution in [2.24, 2.45) is 7.05 Å². The van der Waals surface area contributed by atoms with Gasteiger partial charge in [-0.15, -0.1) is 0 Å². The van der Waals surface area contributed by atoms with Crippen LogP contribution >= 0.6 is 0 Å². The van der Waals surface area contributed by atoms with Gasteiger partial charge in [-0.25, -0.2) is 4.39 Å². The summed E-state index contributed by atoms with van der Waals surface area (Å²) in [5, 5.41) is 15.8. The summed E-state index contributed by atoms with van der Waals surface area (Å²) >= 11 is 0. The number of aromatic nitrogens is 2. The number of halogens is 1. The molecule has 0 saturated carbocycles. The minimum absolute atomic E-state index is 0.0841. The van der Waals surface area contributed by atoms with Crippen molar-refractivity contribution in [1.29, 1.82) is 0 Å². The fraction of sp³-hybridized carbons (Fsp3) is 0.304. The van der Waals surface area contributed by atoms with Crippen molar-refractivity contribution in [2.45, 2.75) is 13.3 Å². The molecule has 0 fully saturated rings. The number of ether oxygens (including phenoxy) is 1. The lowest BCUT2D eigenvalue weighted by atomic mass is 9.99. The maximum atomic E-state index is 13.7. The van der Waals surface area contributed by atoms with Gasteiger partial charge in [-0.05, 0) is 42.7 Å². The summed E-state index contributed by atoms with van der Waals surface area (Å²) in [6, 6.07) is 5.60. The summed E-state index contributed by atoms with van der Waals surface area (Å²) in [5.41, 5.74) is 0.720. The molecule has 0 radical (unpaired) electrons. The topological polar surface area (TPSA) is 123 Å². The van der Waals surface area contributed by atoms with Crippen molar-refractivity contribution >= 4 is 22.8 Å². The number of fused-ring (bicyclic) bond motifs is 1. The second-order valence-electron chi connectivity index (χ2n) is 7.39. The van der Waals surface area contributed by atoms with Gasteiger partial charge in [-0.3, -0.25) is 19.4 Å². The Morgan fingerprint density at radius 3 is 2.67 bits per heavy atom. The Kier molecular flexibility index (Phi) is 7.39. The van der Waals surface area contributed by atoms with Crippen LogP contribution in [0.15, 0.2) is 35.3 Å². The maximum Gasteiger partial charge on any atom is 0.267 e. The van der Waals surface area contributed by atoms with Crippen LogP contribution in [0.5, 0.6) is 5.75 Å². The van der Waals surface area contributed by atoms with Crippen LogP contribution in [0.3, 0.4) is 0 Å². The van der Waals surface area contributed by atoms with Crippen LogP contribution in [-0.2, 0) is 18.2 Å². The zero-order valence-corrected chi connectivity index (χ0v) is 18.6. The van der Waals surface area contributed by atoms with E-state index in [4.69, 9.17) is 4.74 Å². The standard InChI is InChI=1S/C23H25FN4O5/c1-4-25-21(30)16-11-15(24)6-5-14(16)9-13-10-17-19(27-12-13)20(29)18(23(32)28(17)2)22(31)26-7-8-33-3/h5-6,10-12,29H,4,7-9H2,1-3H3,(H,25,30)(H,26,31). The minimum atomic E-state index is -0.726. The smallest absolute Gasteiger partial charge is 0.267 e. The Hall–Kier alpha value is -3.79. The number of hydrogen-bond donors (Lipinski definition) is 3. The quantitative estimate of drug-likeness (QED) is 0.442. The predicted molar refractivity (Wildman–Crippen MR) is 120 cm³/mol. The van der Waals surface area contributed by atoms with Crippen LogP contribution in [0.4, 0.5) is 4.39 Å². The highest BCUT2D eigenvalue weighted by Crippen LogP contribution is 2.26. The monoisotopic (exact) mass is 456 g/mol. The Morgan fingerprint density at radius 1 is 1.21 bits per heavy atom. The van der Waals surface area contributed by atoms with Gasteiger partial charge in [0, 0.05) is 39.0 Å². The number of benzene rings is 1. The lowest BCUT2D eigenvalue weighted by Crippen LogP contribution is -2.34. The van der Waals surface area contributed by atoms with E-state index in [1.165, 1.54) is 43.1 Å². The van der Waals surface area contributed by atoms with Crippen LogP contribution in [0, 0.1) is 5.82 Å². The summed E-state index contributed by atoms with van der Waals surface area (Å²) in [7, 11) is 2.95. The van der Waals surface area contributed by atoms with E-state index in [2.05, 4.69) is 15.6 Å². The van der Waals surface area contributed by atoms with Crippen molar-refractivity contribution in [1.82, 2.24) is 20.2 Å². The normalized spacial score (nSPS) is 10.9. The first kappa shape index (κ1) is 23.9. The average Bonchev–Trinajstić information content (AvgIpc) is 2.79. The van der Waals surface area contributed by atoms with Gasteiger partial charge in [0.15, 0.2) is 5.75 Å². The molecule has 9 nitrogen and oxygen atoms in total. The summed E-state index contributed by atoms with van der Waals surface area (Å²) in [5.74, 6) is -2.16. The fourth-order valence-electron chi connectivity index (χ4n) is 3.48. The van der Waals surface area contributed by atoms with Crippen LogP contribution in [0.2, 0.25) is 0 Å². The molecule has 0 atom stereocenters. The largest absolute Gasteiger partial charge is 0.505 e. The number of rotatable bonds is 8. The number of nitrogens with zero attached hydrogens (tertiary/aromatic N) is 2. The fourth-order valence-corrected chi connectivity index (χ4v) is 3.48. The molecule has 1 aromatic carbocycles. The lowest BCUT2D eigenvalue weighted by Gasteiger charge is -2.13. The van der Waals surface area contributed by atoms with E-state index in [9.17, 15) is 23.9 Å². The van der Waals surface area contributed by atoms with Gasteiger partial charge in [-0.1, -0.05) is 6.07 Å². The highest BCUT2D eigenvalue weighted by atomic mass is 19.1. The van der Waals surface area contributed by atoms with E-state index in [1.807, 2.05) is 0 Å². The van der Waals surface area contributed by atoms with Gasteiger partial charge in [0.1, 0.15) is 16.9 Å². The molecule has 0 bridgehead atoms. The summed E-state index contributed by atoms with van der Waals surface area (Å²) in [4.78, 5) is 41.8. The molecule has 0 aliphatic rings. The Morgan fingerprint density at radius 2 is 1.97 bits per heavy atom. The van der Waals surface area contributed by atoms with E-state index in [1.54, 1.807) is 13.0 Å². The minimum Gasteiger partial charge on any atom is -0.505 e. The SMILES string of the molecule is CCNC(=O)c1cc(F)ccc1Cc1cnc2c(O)c(C(=O)NCCOC)c(=O)n(C)c2c1. The van der Waals surface area contributed by atoms with Gasteiger partial charge in [-0.2, -0.15) is 0 Å². The van der Waals surface area contributed by atoms with E-state index in [0.29, 0.717) is 23.2 Å². The molecule has 3 aromatic rings. The van der Waals surface area contributed by atoms with Crippen LogP contribution < -0.4 is 16.2 Å². The molecule has 0 spiro atoms. The number of methoxy groups -OCH3 is 1. The number of amides is 2. The molecule has 2 heterocycles. The molecule has 0 saturated heterocycles. The summed E-state index contributed by atoms with van der Waals surface area (Å²) < 4.78 is 19.8. The Labute approximate surface area is 189 Å². The zero-order chi connectivity index (χ0) is 24.1. The third-order valence-electron chi connectivity index (χ3n) is 5.13. The molecular weight excluding hydrogens is 431 g/mol. The Balaban J connectivity index is 2.02. The zero-order valence-electron chi connectivity index (χ0n) is 18.6. The van der Waals surface area contributed by atoms with Gasteiger partial charge in [0.2, 0.25) is 0 Å². The second-order valence-corrected chi connectivity index (χ2v) is 7.39. The summed E-state index contributed by atoms with van der Waals surface area (Å²) in [6.45, 7) is 2.59. The van der Waals surface area contributed by atoms with Crippen molar-refractivity contribution in [3.63, 3.8) is 0 Å². The maximum absolute atomic E-state index is 13.7. The average molecular weight is 456 g/mol. The number of pyridine rings is 2. The van der Waals surface area contributed by atoms with Crippen molar-refractivity contribution in [3.8, 4) is 5.75 Å². The molecule has 3 rings (SSSR count). The number of aromatic hydroxyl groups is 1. The van der Waals surface area contributed by atoms with Gasteiger partial charge in [0.05, 0.1) is 12.1 Å². The molecule has 174 valence electrons. The molecule has 33 heavy (non-hydrogen) atoms. The molecule has 2 amide bonds. The lowest BCUT2D eigenvalue weighted by molar-refractivity contribution is 0.0930. The number of nitrogens with one attached hydrogen (secondary N) is 2. The van der Waals surface area contributed by atoms with E-state index in [0.717, 1.165) is 0 Å². The number of hydrogen-bond acceptors (Lipinski definition) is 6. The summed E-state index contributed by atoms with van der Waals surface area (Å²) in [6.07, 6.45) is 1.72. The molecular formula is C23H25FN4O5. The number of carbonyl (C=O) groups excluding carboxylic acids is 2. The first-order chi connectivity index (χ1) is 15.8. The highest BCUT2D eigenvalue weighted by molar-refractivity contribution is 6.01. The molecule has 0 aliphatic heterocycles. The first-order valence-corrected chi connectivity index (χ1v) is 10.3. The third kappa shape index (κ3) is 5.01. The van der Waals surface area contributed by atoms with Crippen molar-refractivity contribution in [2.75, 3.05) is 26.8 Å². The highest BCUT2D eigenvalue weighted by Gasteiger charge is 2.22. The number of carbonyl (C=O) groups is 2. The van der Waals surface area contributed by atoms with Gasteiger partial charge >= 0.3 is 0 Å². The van der Waals surface area contributed by atoms with Crippen LogP contribution in [0.1, 0.15) is 38.8 Å².